The van der Waals surface area contributed by atoms with Gasteiger partial charge in [-0.3, -0.25) is 0 Å². The highest BCUT2D eigenvalue weighted by Gasteiger charge is 2.64. The largest absolute Gasteiger partial charge is 0.329 e. The van der Waals surface area contributed by atoms with Crippen LogP contribution in [-0.4, -0.2) is 19.1 Å². The van der Waals surface area contributed by atoms with Gasteiger partial charge in [-0.15, -0.1) is 0 Å². The third kappa shape index (κ3) is 1.24. The van der Waals surface area contributed by atoms with Crippen molar-refractivity contribution in [2.24, 2.45) is 35.3 Å². The Hall–Kier alpha value is -0.0800. The van der Waals surface area contributed by atoms with Gasteiger partial charge in [0.25, 0.3) is 0 Å². The molecule has 0 aromatic rings. The zero-order valence-electron chi connectivity index (χ0n) is 9.08. The van der Waals surface area contributed by atoms with E-state index < -0.39 is 0 Å². The minimum Gasteiger partial charge on any atom is -0.329 e. The molecule has 3 rings (SSSR count). The van der Waals surface area contributed by atoms with Gasteiger partial charge < -0.3 is 11.1 Å². The lowest BCUT2D eigenvalue weighted by atomic mass is 10.0. The van der Waals surface area contributed by atoms with Crippen LogP contribution in [0.4, 0.5) is 0 Å². The first-order valence-corrected chi connectivity index (χ1v) is 6.24. The SMILES string of the molecule is C[C@H](CN)NCC1C2C3CCC(C3)C12. The van der Waals surface area contributed by atoms with Crippen molar-refractivity contribution in [1.82, 2.24) is 5.32 Å². The first-order valence-electron chi connectivity index (χ1n) is 6.24. The Morgan fingerprint density at radius 1 is 1.29 bits per heavy atom. The lowest BCUT2D eigenvalue weighted by Gasteiger charge is -2.13. The average Bonchev–Trinajstić information content (AvgIpc) is 2.60. The molecule has 2 nitrogen and oxygen atoms in total. The topological polar surface area (TPSA) is 38.0 Å². The molecule has 0 radical (unpaired) electrons. The van der Waals surface area contributed by atoms with Crippen molar-refractivity contribution in [2.75, 3.05) is 13.1 Å². The van der Waals surface area contributed by atoms with Gasteiger partial charge in [-0.05, 0) is 62.3 Å². The number of hydrogen-bond acceptors (Lipinski definition) is 2. The highest BCUT2D eigenvalue weighted by Crippen LogP contribution is 2.69. The van der Waals surface area contributed by atoms with Crippen LogP contribution < -0.4 is 11.1 Å². The molecule has 2 bridgehead atoms. The van der Waals surface area contributed by atoms with E-state index in [2.05, 4.69) is 12.2 Å². The lowest BCUT2D eigenvalue weighted by Crippen LogP contribution is -2.35. The standard InChI is InChI=1S/C12H22N2/c1-7(5-13)14-6-10-11-8-2-3-9(4-8)12(10)11/h7-12,14H,2-6,13H2,1H3/t7-,8?,9?,10?,11?,12?/m1/s1. The maximum absolute atomic E-state index is 5.60. The third-order valence-electron chi connectivity index (χ3n) is 4.95. The first kappa shape index (κ1) is 9.17. The van der Waals surface area contributed by atoms with E-state index in [4.69, 9.17) is 5.73 Å². The number of nitrogens with two attached hydrogens (primary N) is 1. The van der Waals surface area contributed by atoms with Crippen molar-refractivity contribution in [3.05, 3.63) is 0 Å². The summed E-state index contributed by atoms with van der Waals surface area (Å²) in [6, 6.07) is 0.508. The molecule has 3 aliphatic rings. The zero-order valence-corrected chi connectivity index (χ0v) is 9.08. The number of rotatable bonds is 4. The van der Waals surface area contributed by atoms with Crippen molar-refractivity contribution < 1.29 is 0 Å². The maximum atomic E-state index is 5.60. The highest BCUT2D eigenvalue weighted by atomic mass is 14.9. The third-order valence-corrected chi connectivity index (χ3v) is 4.95. The Kier molecular flexibility index (Phi) is 2.10. The van der Waals surface area contributed by atoms with Crippen LogP contribution in [-0.2, 0) is 0 Å². The number of hydrogen-bond donors (Lipinski definition) is 2. The second kappa shape index (κ2) is 3.21. The Labute approximate surface area is 86.6 Å². The molecule has 14 heavy (non-hydrogen) atoms. The summed E-state index contributed by atoms with van der Waals surface area (Å²) in [5.41, 5.74) is 5.60. The summed E-state index contributed by atoms with van der Waals surface area (Å²) in [7, 11) is 0. The molecule has 2 heteroatoms. The van der Waals surface area contributed by atoms with E-state index in [0.717, 1.165) is 36.1 Å². The Bertz CT molecular complexity index is 212. The van der Waals surface area contributed by atoms with Crippen molar-refractivity contribution >= 4 is 0 Å². The molecule has 3 N–H and O–H groups in total. The molecule has 0 aromatic heterocycles. The monoisotopic (exact) mass is 194 g/mol. The molecule has 0 saturated heterocycles. The van der Waals surface area contributed by atoms with Crippen LogP contribution >= 0.6 is 0 Å². The molecule has 0 spiro atoms. The molecule has 0 heterocycles. The summed E-state index contributed by atoms with van der Waals surface area (Å²) < 4.78 is 0. The number of fused-ring (bicyclic) bond motifs is 5. The molecule has 5 atom stereocenters. The van der Waals surface area contributed by atoms with Crippen LogP contribution in [0.15, 0.2) is 0 Å². The predicted molar refractivity (Wildman–Crippen MR) is 57.8 cm³/mol. The lowest BCUT2D eigenvalue weighted by molar-refractivity contribution is 0.425. The van der Waals surface area contributed by atoms with Gasteiger partial charge in [0.15, 0.2) is 0 Å². The van der Waals surface area contributed by atoms with E-state index >= 15 is 0 Å². The van der Waals surface area contributed by atoms with E-state index in [1.165, 1.54) is 19.4 Å². The maximum Gasteiger partial charge on any atom is 0.0162 e. The number of nitrogens with one attached hydrogen (secondary N) is 1. The molecule has 0 aliphatic heterocycles. The van der Waals surface area contributed by atoms with Gasteiger partial charge in [-0.25, -0.2) is 0 Å². The molecular formula is C12H22N2. The summed E-state index contributed by atoms with van der Waals surface area (Å²) in [5.74, 6) is 5.49. The van der Waals surface area contributed by atoms with Gasteiger partial charge >= 0.3 is 0 Å². The van der Waals surface area contributed by atoms with E-state index in [-0.39, 0.29) is 0 Å². The average molecular weight is 194 g/mol. The van der Waals surface area contributed by atoms with Crippen LogP contribution in [0.3, 0.4) is 0 Å². The van der Waals surface area contributed by atoms with Crippen LogP contribution in [0, 0.1) is 29.6 Å². The quantitative estimate of drug-likeness (QED) is 0.706. The van der Waals surface area contributed by atoms with E-state index in [9.17, 15) is 0 Å². The van der Waals surface area contributed by atoms with Crippen LogP contribution in [0.2, 0.25) is 0 Å². The molecule has 4 unspecified atom stereocenters. The van der Waals surface area contributed by atoms with Gasteiger partial charge in [0.05, 0.1) is 0 Å². The Morgan fingerprint density at radius 3 is 2.50 bits per heavy atom. The minimum atomic E-state index is 0.508. The smallest absolute Gasteiger partial charge is 0.0162 e. The molecule has 0 aromatic carbocycles. The molecular weight excluding hydrogens is 172 g/mol. The molecule has 80 valence electrons. The predicted octanol–water partition coefficient (Wildman–Crippen LogP) is 1.22. The van der Waals surface area contributed by atoms with E-state index in [1.54, 1.807) is 6.42 Å². The normalized spacial score (nSPS) is 50.6. The van der Waals surface area contributed by atoms with E-state index in [1.807, 2.05) is 0 Å². The second-order valence-corrected chi connectivity index (χ2v) is 5.70. The van der Waals surface area contributed by atoms with Gasteiger partial charge in [0, 0.05) is 12.6 Å². The van der Waals surface area contributed by atoms with E-state index in [0.29, 0.717) is 6.04 Å². The molecule has 3 fully saturated rings. The van der Waals surface area contributed by atoms with Crippen molar-refractivity contribution in [3.8, 4) is 0 Å². The highest BCUT2D eigenvalue weighted by molar-refractivity contribution is 5.13. The first-order chi connectivity index (χ1) is 6.81. The minimum absolute atomic E-state index is 0.508. The Morgan fingerprint density at radius 2 is 1.93 bits per heavy atom. The fraction of sp³-hybridized carbons (Fsp3) is 1.00. The zero-order chi connectivity index (χ0) is 9.71. The van der Waals surface area contributed by atoms with Gasteiger partial charge in [0.2, 0.25) is 0 Å². The van der Waals surface area contributed by atoms with Crippen LogP contribution in [0.1, 0.15) is 26.2 Å². The molecule has 3 aliphatic carbocycles. The fourth-order valence-electron chi connectivity index (χ4n) is 4.20. The molecule has 0 amide bonds. The summed E-state index contributed by atoms with van der Waals surface area (Å²) in [4.78, 5) is 0. The van der Waals surface area contributed by atoms with Crippen molar-refractivity contribution in [3.63, 3.8) is 0 Å². The van der Waals surface area contributed by atoms with Crippen LogP contribution in [0.25, 0.3) is 0 Å². The molecule has 3 saturated carbocycles. The summed E-state index contributed by atoms with van der Waals surface area (Å²) in [5, 5.41) is 3.57. The second-order valence-electron chi connectivity index (χ2n) is 5.70. The summed E-state index contributed by atoms with van der Waals surface area (Å²) >= 11 is 0. The fourth-order valence-corrected chi connectivity index (χ4v) is 4.20. The van der Waals surface area contributed by atoms with Gasteiger partial charge in [0.1, 0.15) is 0 Å². The van der Waals surface area contributed by atoms with Gasteiger partial charge in [-0.1, -0.05) is 0 Å². The van der Waals surface area contributed by atoms with Gasteiger partial charge in [-0.2, -0.15) is 0 Å². The van der Waals surface area contributed by atoms with Crippen molar-refractivity contribution in [1.29, 1.82) is 0 Å². The van der Waals surface area contributed by atoms with Crippen LogP contribution in [0.5, 0.6) is 0 Å². The summed E-state index contributed by atoms with van der Waals surface area (Å²) in [6.07, 6.45) is 4.64. The van der Waals surface area contributed by atoms with Crippen molar-refractivity contribution in [2.45, 2.75) is 32.2 Å². The summed E-state index contributed by atoms with van der Waals surface area (Å²) in [6.45, 7) is 4.20. The Balaban J connectivity index is 1.50.